The van der Waals surface area contributed by atoms with Gasteiger partial charge in [0, 0.05) is 49.8 Å². The normalized spacial score (nSPS) is 0. The minimum atomic E-state index is 0. The zero-order valence-electron chi connectivity index (χ0n) is 4.17. The summed E-state index contributed by atoms with van der Waals surface area (Å²) in [5.41, 5.74) is 0. The van der Waals surface area contributed by atoms with E-state index in [0.717, 1.165) is 0 Å². The summed E-state index contributed by atoms with van der Waals surface area (Å²) in [5, 5.41) is 0. The smallest absolute Gasteiger partial charge is 1.00 e. The predicted octanol–water partition coefficient (Wildman–Crippen LogP) is -0.988. The second-order valence-electron chi connectivity index (χ2n) is 0. The van der Waals surface area contributed by atoms with E-state index in [0.29, 0.717) is 0 Å². The van der Waals surface area contributed by atoms with E-state index < -0.39 is 0 Å². The van der Waals surface area contributed by atoms with E-state index in [-0.39, 0.29) is 95.8 Å². The second kappa shape index (κ2) is 29.8. The van der Waals surface area contributed by atoms with Crippen LogP contribution in [0.4, 0.5) is 0 Å². The molecule has 0 aromatic heterocycles. The van der Waals surface area contributed by atoms with Crippen molar-refractivity contribution >= 4 is 37.7 Å². The minimum absolute atomic E-state index is 0. The summed E-state index contributed by atoms with van der Waals surface area (Å²) in [6, 6.07) is 0. The fourth-order valence-electron chi connectivity index (χ4n) is 0. The van der Waals surface area contributed by atoms with Crippen molar-refractivity contribution in [3.8, 4) is 0 Å². The van der Waals surface area contributed by atoms with Crippen LogP contribution in [0.1, 0.15) is 2.85 Å². The molecule has 41 valence electrons. The third-order valence-electron chi connectivity index (χ3n) is 0. The van der Waals surface area contributed by atoms with Crippen molar-refractivity contribution in [1.82, 2.24) is 0 Å². The summed E-state index contributed by atoms with van der Waals surface area (Å²) < 4.78 is 0. The van der Waals surface area contributed by atoms with Gasteiger partial charge in [-0.05, 0) is 0 Å². The van der Waals surface area contributed by atoms with E-state index in [1.807, 2.05) is 0 Å². The maximum Gasteiger partial charge on any atom is 2.00 e. The van der Waals surface area contributed by atoms with Gasteiger partial charge in [-0.25, -0.2) is 0 Å². The molecule has 1 radical (unpaired) electrons. The Morgan fingerprint density at radius 3 is 1.00 bits per heavy atom. The topological polar surface area (TPSA) is 31.5 Å². The molecule has 0 unspecified atom stereocenters. The monoisotopic (exact) mass is 235 g/mol. The Kier molecular flexibility index (Phi) is 281. The molecule has 0 amide bonds. The molecule has 0 aliphatic carbocycles. The molecule has 0 spiro atoms. The van der Waals surface area contributed by atoms with Gasteiger partial charge < -0.3 is 8.33 Å². The van der Waals surface area contributed by atoms with Crippen LogP contribution >= 0.6 is 0 Å². The van der Waals surface area contributed by atoms with Gasteiger partial charge in [0.05, 0.1) is 0 Å². The Morgan fingerprint density at radius 2 is 1.00 bits per heavy atom. The second-order valence-corrected chi connectivity index (χ2v) is 0. The van der Waals surface area contributed by atoms with E-state index in [4.69, 9.17) is 0 Å². The Balaban J connectivity index is 0. The maximum atomic E-state index is 0. The van der Waals surface area contributed by atoms with Crippen LogP contribution in [0.25, 0.3) is 0 Å². The fraction of sp³-hybridized carbons (Fsp3) is 0. The van der Waals surface area contributed by atoms with Crippen LogP contribution in [-0.4, -0.2) is 43.2 Å². The van der Waals surface area contributed by atoms with Crippen molar-refractivity contribution in [2.24, 2.45) is 0 Å². The maximum absolute atomic E-state index is 0. The van der Waals surface area contributed by atoms with E-state index in [1.54, 1.807) is 0 Å². The quantitative estimate of drug-likeness (QED) is 0.484. The predicted molar refractivity (Wildman–Crippen MR) is 11.6 cm³/mol. The molecule has 0 aromatic carbocycles. The number of rotatable bonds is 0. The largest absolute Gasteiger partial charge is 2.00 e. The molecule has 5 heteroatoms. The van der Waals surface area contributed by atoms with Crippen molar-refractivity contribution in [2.75, 3.05) is 0 Å². The average molecular weight is 236 g/mol. The Hall–Kier alpha value is 2.71. The third-order valence-corrected chi connectivity index (χ3v) is 0. The molecule has 0 aliphatic heterocycles. The molecule has 0 atom stereocenters. The van der Waals surface area contributed by atoms with Crippen LogP contribution < -0.4 is 0 Å². The molecule has 0 fully saturated rings. The first-order chi connectivity index (χ1) is 0. The zero-order chi connectivity index (χ0) is 0. The van der Waals surface area contributed by atoms with Crippen LogP contribution in [0.3, 0.4) is 0 Å². The van der Waals surface area contributed by atoms with Crippen LogP contribution in [-0.2, 0) is 49.8 Å². The SMILES string of the molecule is O.[Ca+2].[Co].[H-].[H-].[Ni].[Ni]. The van der Waals surface area contributed by atoms with Crippen molar-refractivity contribution in [3.05, 3.63) is 0 Å². The summed E-state index contributed by atoms with van der Waals surface area (Å²) in [7, 11) is 0. The molecule has 5 heavy (non-hydrogen) atoms. The number of hydrogen-bond acceptors (Lipinski definition) is 0. The molecule has 0 saturated heterocycles. The summed E-state index contributed by atoms with van der Waals surface area (Å²) in [5.74, 6) is 0. The molecule has 2 N–H and O–H groups in total. The average Bonchev–Trinajstić information content (AvgIpc) is 0. The van der Waals surface area contributed by atoms with Gasteiger partial charge in [0.25, 0.3) is 0 Å². The third kappa shape index (κ3) is 20.3. The molecular formula is H4CaCoNi2O. The van der Waals surface area contributed by atoms with Gasteiger partial charge in [0.2, 0.25) is 0 Å². The van der Waals surface area contributed by atoms with E-state index >= 15 is 0 Å². The first-order valence-electron chi connectivity index (χ1n) is 0. The molecule has 0 rings (SSSR count). The van der Waals surface area contributed by atoms with Crippen LogP contribution in [0.15, 0.2) is 0 Å². The van der Waals surface area contributed by atoms with Gasteiger partial charge in [-0.3, -0.25) is 0 Å². The summed E-state index contributed by atoms with van der Waals surface area (Å²) in [6.45, 7) is 0. The van der Waals surface area contributed by atoms with Gasteiger partial charge in [-0.15, -0.1) is 0 Å². The standard InChI is InChI=1S/Ca.Co.2Ni.H2O.2H/h;;;;1H2;;/q+2;;;;;2*-1. The first-order valence-corrected chi connectivity index (χ1v) is 0. The summed E-state index contributed by atoms with van der Waals surface area (Å²) >= 11 is 0. The summed E-state index contributed by atoms with van der Waals surface area (Å²) in [4.78, 5) is 0. The molecule has 0 aliphatic rings. The molecule has 0 heterocycles. The van der Waals surface area contributed by atoms with Crippen molar-refractivity contribution in [3.63, 3.8) is 0 Å². The summed E-state index contributed by atoms with van der Waals surface area (Å²) in [6.07, 6.45) is 0. The Morgan fingerprint density at radius 1 is 1.00 bits per heavy atom. The van der Waals surface area contributed by atoms with Crippen molar-refractivity contribution in [2.45, 2.75) is 0 Å². The van der Waals surface area contributed by atoms with Gasteiger partial charge in [0.15, 0.2) is 0 Å². The minimum Gasteiger partial charge on any atom is -1.00 e. The molecule has 0 aromatic rings. The molecular weight excluding hydrogens is 232 g/mol. The van der Waals surface area contributed by atoms with Crippen LogP contribution in [0, 0.1) is 0 Å². The van der Waals surface area contributed by atoms with Gasteiger partial charge >= 0.3 is 37.7 Å². The zero-order valence-corrected chi connectivity index (χ0v) is 7.40. The first kappa shape index (κ1) is 47.2. The molecule has 0 saturated carbocycles. The van der Waals surface area contributed by atoms with E-state index in [2.05, 4.69) is 0 Å². The van der Waals surface area contributed by atoms with Crippen molar-refractivity contribution in [1.29, 1.82) is 0 Å². The Bertz CT molecular complexity index is 15.7. The van der Waals surface area contributed by atoms with E-state index in [9.17, 15) is 0 Å². The molecule has 1 nitrogen and oxygen atoms in total. The van der Waals surface area contributed by atoms with Gasteiger partial charge in [-0.2, -0.15) is 0 Å². The Labute approximate surface area is 94.3 Å². The number of hydrogen-bond donors (Lipinski definition) is 0. The molecule has 0 bridgehead atoms. The van der Waals surface area contributed by atoms with Crippen molar-refractivity contribution < 1.29 is 58.1 Å². The van der Waals surface area contributed by atoms with Gasteiger partial charge in [0.1, 0.15) is 0 Å². The van der Waals surface area contributed by atoms with Crippen LogP contribution in [0.5, 0.6) is 0 Å². The fourth-order valence-corrected chi connectivity index (χ4v) is 0. The van der Waals surface area contributed by atoms with E-state index in [1.165, 1.54) is 0 Å². The van der Waals surface area contributed by atoms with Gasteiger partial charge in [-0.1, -0.05) is 0 Å². The van der Waals surface area contributed by atoms with Crippen LogP contribution in [0.2, 0.25) is 0 Å².